The largest absolute Gasteiger partial charge is 0.456 e. The van der Waals surface area contributed by atoms with E-state index in [9.17, 15) is 4.79 Å². The van der Waals surface area contributed by atoms with Gasteiger partial charge in [-0.3, -0.25) is 9.97 Å². The standard InChI is InChI=1S/C18H16N2O2/c1-12-15-8-3-4-9-16(15)20-13(2)17(12)18(21)22-11-14-7-5-6-10-19-14/h3-10H,11H2,1-2H3. The Kier molecular flexibility index (Phi) is 3.83. The number of aryl methyl sites for hydroxylation is 2. The molecule has 4 heteroatoms. The van der Waals surface area contributed by atoms with Gasteiger partial charge in [-0.15, -0.1) is 0 Å². The fraction of sp³-hybridized carbons (Fsp3) is 0.167. The SMILES string of the molecule is Cc1nc2ccccc2c(C)c1C(=O)OCc1ccccn1. The van der Waals surface area contributed by atoms with E-state index in [0.29, 0.717) is 11.3 Å². The molecular formula is C18H16N2O2. The summed E-state index contributed by atoms with van der Waals surface area (Å²) in [5, 5.41) is 0.970. The Morgan fingerprint density at radius 2 is 1.86 bits per heavy atom. The maximum absolute atomic E-state index is 12.4. The van der Waals surface area contributed by atoms with Crippen LogP contribution in [-0.2, 0) is 11.3 Å². The van der Waals surface area contributed by atoms with E-state index in [-0.39, 0.29) is 12.6 Å². The van der Waals surface area contributed by atoms with Crippen LogP contribution in [0.2, 0.25) is 0 Å². The van der Waals surface area contributed by atoms with Gasteiger partial charge in [0, 0.05) is 11.6 Å². The number of pyridine rings is 2. The minimum absolute atomic E-state index is 0.158. The summed E-state index contributed by atoms with van der Waals surface area (Å²) in [6.07, 6.45) is 1.68. The van der Waals surface area contributed by atoms with Gasteiger partial charge < -0.3 is 4.74 Å². The van der Waals surface area contributed by atoms with Crippen molar-refractivity contribution in [3.05, 3.63) is 71.2 Å². The van der Waals surface area contributed by atoms with Crippen molar-refractivity contribution in [3.8, 4) is 0 Å². The number of rotatable bonds is 3. The molecule has 3 rings (SSSR count). The molecule has 0 N–H and O–H groups in total. The number of fused-ring (bicyclic) bond motifs is 1. The van der Waals surface area contributed by atoms with Gasteiger partial charge in [0.2, 0.25) is 0 Å². The number of nitrogens with zero attached hydrogens (tertiary/aromatic N) is 2. The third-order valence-corrected chi connectivity index (χ3v) is 3.61. The van der Waals surface area contributed by atoms with Crippen LogP contribution in [0, 0.1) is 13.8 Å². The van der Waals surface area contributed by atoms with Crippen molar-refractivity contribution < 1.29 is 9.53 Å². The van der Waals surface area contributed by atoms with Crippen molar-refractivity contribution in [2.45, 2.75) is 20.5 Å². The van der Waals surface area contributed by atoms with Crippen molar-refractivity contribution in [2.75, 3.05) is 0 Å². The molecule has 4 nitrogen and oxygen atoms in total. The Bertz CT molecular complexity index is 829. The first kappa shape index (κ1) is 14.2. The van der Waals surface area contributed by atoms with E-state index in [1.807, 2.05) is 56.3 Å². The van der Waals surface area contributed by atoms with Gasteiger partial charge in [0.1, 0.15) is 6.61 Å². The molecule has 0 fully saturated rings. The van der Waals surface area contributed by atoms with Crippen LogP contribution < -0.4 is 0 Å². The fourth-order valence-corrected chi connectivity index (χ4v) is 2.53. The monoisotopic (exact) mass is 292 g/mol. The summed E-state index contributed by atoms with van der Waals surface area (Å²) in [5.41, 5.74) is 3.73. The quantitative estimate of drug-likeness (QED) is 0.692. The van der Waals surface area contributed by atoms with E-state index in [0.717, 1.165) is 22.2 Å². The van der Waals surface area contributed by atoms with Gasteiger partial charge in [-0.2, -0.15) is 0 Å². The van der Waals surface area contributed by atoms with E-state index in [4.69, 9.17) is 4.74 Å². The first-order chi connectivity index (χ1) is 10.7. The lowest BCUT2D eigenvalue weighted by Crippen LogP contribution is -2.11. The first-order valence-electron chi connectivity index (χ1n) is 7.10. The Morgan fingerprint density at radius 1 is 1.09 bits per heavy atom. The highest BCUT2D eigenvalue weighted by atomic mass is 16.5. The molecule has 3 aromatic rings. The number of carbonyl (C=O) groups is 1. The van der Waals surface area contributed by atoms with Crippen LogP contribution in [0.3, 0.4) is 0 Å². The summed E-state index contributed by atoms with van der Waals surface area (Å²) in [4.78, 5) is 21.1. The van der Waals surface area contributed by atoms with E-state index in [1.54, 1.807) is 6.20 Å². The molecule has 0 bridgehead atoms. The maximum atomic E-state index is 12.4. The van der Waals surface area contributed by atoms with Crippen molar-refractivity contribution in [2.24, 2.45) is 0 Å². The molecule has 0 spiro atoms. The average Bonchev–Trinajstić information content (AvgIpc) is 2.54. The number of benzene rings is 1. The average molecular weight is 292 g/mol. The zero-order valence-corrected chi connectivity index (χ0v) is 12.5. The molecule has 2 heterocycles. The van der Waals surface area contributed by atoms with E-state index in [1.165, 1.54) is 0 Å². The summed E-state index contributed by atoms with van der Waals surface area (Å²) < 4.78 is 5.38. The second-order valence-corrected chi connectivity index (χ2v) is 5.11. The fourth-order valence-electron chi connectivity index (χ4n) is 2.53. The van der Waals surface area contributed by atoms with Crippen LogP contribution in [0.15, 0.2) is 48.7 Å². The highest BCUT2D eigenvalue weighted by Gasteiger charge is 2.17. The summed E-state index contributed by atoms with van der Waals surface area (Å²) in [7, 11) is 0. The summed E-state index contributed by atoms with van der Waals surface area (Å²) in [6.45, 7) is 3.91. The molecular weight excluding hydrogens is 276 g/mol. The van der Waals surface area contributed by atoms with Crippen molar-refractivity contribution in [3.63, 3.8) is 0 Å². The van der Waals surface area contributed by atoms with Gasteiger partial charge in [-0.25, -0.2) is 4.79 Å². The summed E-state index contributed by atoms with van der Waals surface area (Å²) in [6, 6.07) is 13.3. The summed E-state index contributed by atoms with van der Waals surface area (Å²) in [5.74, 6) is -0.362. The van der Waals surface area contributed by atoms with Crippen LogP contribution in [0.25, 0.3) is 10.9 Å². The van der Waals surface area contributed by atoms with Gasteiger partial charge >= 0.3 is 5.97 Å². The lowest BCUT2D eigenvalue weighted by Gasteiger charge is -2.12. The first-order valence-corrected chi connectivity index (χ1v) is 7.10. The Hall–Kier alpha value is -2.75. The zero-order valence-electron chi connectivity index (χ0n) is 12.5. The number of carbonyl (C=O) groups excluding carboxylic acids is 1. The Labute approximate surface area is 128 Å². The molecule has 0 amide bonds. The molecule has 1 aromatic carbocycles. The minimum atomic E-state index is -0.362. The topological polar surface area (TPSA) is 52.1 Å². The lowest BCUT2D eigenvalue weighted by molar-refractivity contribution is 0.0465. The predicted molar refractivity (Wildman–Crippen MR) is 84.6 cm³/mol. The van der Waals surface area contributed by atoms with Crippen molar-refractivity contribution in [1.29, 1.82) is 0 Å². The van der Waals surface area contributed by atoms with Crippen molar-refractivity contribution in [1.82, 2.24) is 9.97 Å². The molecule has 2 aromatic heterocycles. The molecule has 0 saturated carbocycles. The van der Waals surface area contributed by atoms with E-state index >= 15 is 0 Å². The van der Waals surface area contributed by atoms with Crippen molar-refractivity contribution >= 4 is 16.9 Å². The van der Waals surface area contributed by atoms with Gasteiger partial charge in [-0.1, -0.05) is 24.3 Å². The number of ether oxygens (including phenoxy) is 1. The lowest BCUT2D eigenvalue weighted by atomic mass is 10.0. The summed E-state index contributed by atoms with van der Waals surface area (Å²) >= 11 is 0. The molecule has 0 aliphatic carbocycles. The Morgan fingerprint density at radius 3 is 2.64 bits per heavy atom. The second-order valence-electron chi connectivity index (χ2n) is 5.11. The molecule has 22 heavy (non-hydrogen) atoms. The van der Waals surface area contributed by atoms with Gasteiger partial charge in [0.25, 0.3) is 0 Å². The molecule has 110 valence electrons. The third-order valence-electron chi connectivity index (χ3n) is 3.61. The number of para-hydroxylation sites is 1. The smallest absolute Gasteiger partial charge is 0.340 e. The molecule has 0 aliphatic rings. The number of aromatic nitrogens is 2. The highest BCUT2D eigenvalue weighted by molar-refractivity contribution is 5.98. The molecule has 0 unspecified atom stereocenters. The van der Waals surface area contributed by atoms with Gasteiger partial charge in [0.15, 0.2) is 0 Å². The van der Waals surface area contributed by atoms with E-state index < -0.39 is 0 Å². The van der Waals surface area contributed by atoms with Gasteiger partial charge in [0.05, 0.1) is 22.5 Å². The van der Waals surface area contributed by atoms with Gasteiger partial charge in [-0.05, 0) is 37.6 Å². The van der Waals surface area contributed by atoms with Crippen LogP contribution in [0.4, 0.5) is 0 Å². The Balaban J connectivity index is 1.90. The minimum Gasteiger partial charge on any atom is -0.456 e. The molecule has 0 aliphatic heterocycles. The highest BCUT2D eigenvalue weighted by Crippen LogP contribution is 2.23. The predicted octanol–water partition coefficient (Wildman–Crippen LogP) is 3.60. The van der Waals surface area contributed by atoms with Crippen LogP contribution in [-0.4, -0.2) is 15.9 Å². The molecule has 0 saturated heterocycles. The van der Waals surface area contributed by atoms with E-state index in [2.05, 4.69) is 9.97 Å². The normalized spacial score (nSPS) is 10.6. The number of hydrogen-bond donors (Lipinski definition) is 0. The maximum Gasteiger partial charge on any atom is 0.340 e. The number of esters is 1. The third kappa shape index (κ3) is 2.68. The van der Waals surface area contributed by atoms with Crippen LogP contribution in [0.1, 0.15) is 27.3 Å². The van der Waals surface area contributed by atoms with Crippen LogP contribution in [0.5, 0.6) is 0 Å². The second kappa shape index (κ2) is 5.93. The molecule has 0 atom stereocenters. The molecule has 0 radical (unpaired) electrons. The zero-order chi connectivity index (χ0) is 15.5. The number of hydrogen-bond acceptors (Lipinski definition) is 4. The van der Waals surface area contributed by atoms with Crippen LogP contribution >= 0.6 is 0 Å².